The Hall–Kier alpha value is -2.58. The van der Waals surface area contributed by atoms with Crippen molar-refractivity contribution in [2.75, 3.05) is 11.1 Å². The van der Waals surface area contributed by atoms with Gasteiger partial charge in [-0.2, -0.15) is 0 Å². The lowest BCUT2D eigenvalue weighted by Gasteiger charge is -2.05. The highest BCUT2D eigenvalue weighted by atomic mass is 32.2. The van der Waals surface area contributed by atoms with Gasteiger partial charge in [-0.25, -0.2) is 4.98 Å². The number of carbonyl (C=O) groups excluding carboxylic acids is 2. The fraction of sp³-hybridized carbons (Fsp3) is 0.167. The van der Waals surface area contributed by atoms with E-state index in [2.05, 4.69) is 10.3 Å². The minimum Gasteiger partial charge on any atom is -0.369 e. The molecule has 1 aromatic carbocycles. The summed E-state index contributed by atoms with van der Waals surface area (Å²) in [7, 11) is 0. The second-order valence-electron chi connectivity index (χ2n) is 5.63. The number of carbonyl (C=O) groups is 2. The Kier molecular flexibility index (Phi) is 5.75. The number of hydrogen-bond acceptors (Lipinski definition) is 5. The van der Waals surface area contributed by atoms with Gasteiger partial charge >= 0.3 is 0 Å². The Bertz CT molecular complexity index is 902. The molecule has 3 rings (SSSR count). The lowest BCUT2D eigenvalue weighted by molar-refractivity contribution is -0.116. The molecule has 3 aromatic rings. The Morgan fingerprint density at radius 2 is 1.92 bits per heavy atom. The number of thiazole rings is 1. The van der Waals surface area contributed by atoms with Gasteiger partial charge in [0.1, 0.15) is 0 Å². The van der Waals surface area contributed by atoms with Crippen LogP contribution in [-0.4, -0.2) is 27.1 Å². The van der Waals surface area contributed by atoms with E-state index in [1.165, 1.54) is 23.1 Å². The predicted octanol–water partition coefficient (Wildman–Crippen LogP) is 3.00. The van der Waals surface area contributed by atoms with Gasteiger partial charge in [0, 0.05) is 18.1 Å². The van der Waals surface area contributed by atoms with Crippen molar-refractivity contribution in [2.24, 2.45) is 5.73 Å². The van der Waals surface area contributed by atoms with Crippen LogP contribution in [0.15, 0.2) is 53.0 Å². The van der Waals surface area contributed by atoms with Gasteiger partial charge in [-0.05, 0) is 36.8 Å². The van der Waals surface area contributed by atoms with Gasteiger partial charge in [0.15, 0.2) is 5.13 Å². The Balaban J connectivity index is 1.58. The van der Waals surface area contributed by atoms with E-state index in [0.717, 1.165) is 21.2 Å². The molecule has 0 aliphatic carbocycles. The summed E-state index contributed by atoms with van der Waals surface area (Å²) in [6.07, 6.45) is 4.22. The van der Waals surface area contributed by atoms with E-state index in [0.29, 0.717) is 5.13 Å². The first-order valence-corrected chi connectivity index (χ1v) is 9.72. The number of hydrogen-bond donors (Lipinski definition) is 2. The first-order valence-electron chi connectivity index (χ1n) is 7.92. The van der Waals surface area contributed by atoms with Crippen molar-refractivity contribution in [1.82, 2.24) is 9.55 Å². The molecule has 2 aromatic heterocycles. The van der Waals surface area contributed by atoms with Gasteiger partial charge in [-0.3, -0.25) is 9.59 Å². The van der Waals surface area contributed by atoms with E-state index in [-0.39, 0.29) is 24.0 Å². The highest BCUT2D eigenvalue weighted by molar-refractivity contribution is 8.01. The SMILES string of the molecule is Cc1nc(NC(=O)Cc2ccc(-n3cccc3)cc2)sc1SCC(N)=O. The average Bonchev–Trinajstić information content (AvgIpc) is 3.23. The Labute approximate surface area is 159 Å². The molecule has 2 heterocycles. The number of primary amides is 1. The molecular weight excluding hydrogens is 368 g/mol. The van der Waals surface area contributed by atoms with Crippen molar-refractivity contribution in [3.63, 3.8) is 0 Å². The summed E-state index contributed by atoms with van der Waals surface area (Å²) >= 11 is 2.69. The topological polar surface area (TPSA) is 90.0 Å². The standard InChI is InChI=1S/C18H18N4O2S2/c1-12-17(25-11-15(19)23)26-18(20-12)21-16(24)10-13-4-6-14(7-5-13)22-8-2-3-9-22/h2-9H,10-11H2,1H3,(H2,19,23)(H,20,21,24). The molecule has 3 N–H and O–H groups in total. The molecule has 0 saturated carbocycles. The second-order valence-corrected chi connectivity index (χ2v) is 7.87. The van der Waals surface area contributed by atoms with Gasteiger partial charge in [-0.15, -0.1) is 11.8 Å². The van der Waals surface area contributed by atoms with Crippen LogP contribution in [0.25, 0.3) is 5.69 Å². The van der Waals surface area contributed by atoms with Crippen molar-refractivity contribution in [3.8, 4) is 5.69 Å². The van der Waals surface area contributed by atoms with Crippen molar-refractivity contribution >= 4 is 40.0 Å². The number of anilines is 1. The third-order valence-electron chi connectivity index (χ3n) is 3.55. The molecule has 8 heteroatoms. The van der Waals surface area contributed by atoms with Crippen molar-refractivity contribution in [3.05, 3.63) is 60.0 Å². The molecule has 26 heavy (non-hydrogen) atoms. The van der Waals surface area contributed by atoms with E-state index >= 15 is 0 Å². The fourth-order valence-electron chi connectivity index (χ4n) is 2.35. The van der Waals surface area contributed by atoms with Crippen LogP contribution in [0, 0.1) is 6.92 Å². The van der Waals surface area contributed by atoms with Gasteiger partial charge in [0.05, 0.1) is 22.1 Å². The third kappa shape index (κ3) is 4.74. The van der Waals surface area contributed by atoms with Crippen LogP contribution >= 0.6 is 23.1 Å². The van der Waals surface area contributed by atoms with Gasteiger partial charge < -0.3 is 15.6 Å². The number of nitrogens with zero attached hydrogens (tertiary/aromatic N) is 2. The number of nitrogens with one attached hydrogen (secondary N) is 1. The minimum atomic E-state index is -0.378. The zero-order valence-electron chi connectivity index (χ0n) is 14.1. The summed E-state index contributed by atoms with van der Waals surface area (Å²) in [6.45, 7) is 1.84. The summed E-state index contributed by atoms with van der Waals surface area (Å²) in [5.74, 6) is -0.305. The summed E-state index contributed by atoms with van der Waals surface area (Å²) in [4.78, 5) is 27.5. The number of aryl methyl sites for hydroxylation is 1. The summed E-state index contributed by atoms with van der Waals surface area (Å²) in [5, 5.41) is 3.35. The van der Waals surface area contributed by atoms with E-state index < -0.39 is 0 Å². The molecule has 0 saturated heterocycles. The smallest absolute Gasteiger partial charge is 0.230 e. The lowest BCUT2D eigenvalue weighted by atomic mass is 10.1. The number of thioether (sulfide) groups is 1. The lowest BCUT2D eigenvalue weighted by Crippen LogP contribution is -2.14. The number of rotatable bonds is 7. The van der Waals surface area contributed by atoms with Gasteiger partial charge in [0.2, 0.25) is 11.8 Å². The van der Waals surface area contributed by atoms with Crippen LogP contribution in [0.5, 0.6) is 0 Å². The van der Waals surface area contributed by atoms with E-state index in [1.54, 1.807) is 0 Å². The molecule has 134 valence electrons. The van der Waals surface area contributed by atoms with Crippen LogP contribution in [0.3, 0.4) is 0 Å². The van der Waals surface area contributed by atoms with Crippen LogP contribution in [0.2, 0.25) is 0 Å². The maximum atomic E-state index is 12.3. The van der Waals surface area contributed by atoms with Crippen LogP contribution < -0.4 is 11.1 Å². The minimum absolute atomic E-state index is 0.126. The zero-order valence-corrected chi connectivity index (χ0v) is 15.8. The monoisotopic (exact) mass is 386 g/mol. The van der Waals surface area contributed by atoms with Crippen LogP contribution in [-0.2, 0) is 16.0 Å². The predicted molar refractivity (Wildman–Crippen MR) is 105 cm³/mol. The molecule has 0 bridgehead atoms. The van der Waals surface area contributed by atoms with E-state index in [4.69, 9.17) is 5.73 Å². The highest BCUT2D eigenvalue weighted by Crippen LogP contribution is 2.31. The zero-order chi connectivity index (χ0) is 18.5. The first kappa shape index (κ1) is 18.2. The van der Waals surface area contributed by atoms with E-state index in [1.807, 2.05) is 60.3 Å². The summed E-state index contributed by atoms with van der Waals surface area (Å²) < 4.78 is 2.89. The van der Waals surface area contributed by atoms with Gasteiger partial charge in [0.25, 0.3) is 0 Å². The van der Waals surface area contributed by atoms with Crippen molar-refractivity contribution in [1.29, 1.82) is 0 Å². The van der Waals surface area contributed by atoms with Crippen molar-refractivity contribution in [2.45, 2.75) is 17.6 Å². The third-order valence-corrected chi connectivity index (χ3v) is 6.01. The number of benzene rings is 1. The molecule has 2 amide bonds. The van der Waals surface area contributed by atoms with Crippen LogP contribution in [0.4, 0.5) is 5.13 Å². The van der Waals surface area contributed by atoms with Crippen LogP contribution in [0.1, 0.15) is 11.3 Å². The maximum absolute atomic E-state index is 12.3. The number of aromatic nitrogens is 2. The molecular formula is C18H18N4O2S2. The number of amides is 2. The normalized spacial score (nSPS) is 10.7. The highest BCUT2D eigenvalue weighted by Gasteiger charge is 2.12. The molecule has 0 radical (unpaired) electrons. The number of nitrogens with two attached hydrogens (primary N) is 1. The molecule has 0 fully saturated rings. The van der Waals surface area contributed by atoms with E-state index in [9.17, 15) is 9.59 Å². The Morgan fingerprint density at radius 1 is 1.23 bits per heavy atom. The Morgan fingerprint density at radius 3 is 2.58 bits per heavy atom. The maximum Gasteiger partial charge on any atom is 0.230 e. The largest absolute Gasteiger partial charge is 0.369 e. The summed E-state index contributed by atoms with van der Waals surface area (Å²) in [5.41, 5.74) is 7.92. The molecule has 0 aliphatic rings. The molecule has 0 aliphatic heterocycles. The fourth-order valence-corrected chi connectivity index (χ4v) is 4.24. The van der Waals surface area contributed by atoms with Crippen molar-refractivity contribution < 1.29 is 9.59 Å². The molecule has 0 spiro atoms. The summed E-state index contributed by atoms with van der Waals surface area (Å²) in [6, 6.07) is 11.8. The molecule has 0 unspecified atom stereocenters. The average molecular weight is 387 g/mol. The quantitative estimate of drug-likeness (QED) is 0.611. The second kappa shape index (κ2) is 8.20. The molecule has 0 atom stereocenters. The molecule has 6 nitrogen and oxygen atoms in total. The van der Waals surface area contributed by atoms with Gasteiger partial charge in [-0.1, -0.05) is 23.5 Å². The first-order chi connectivity index (χ1) is 12.5.